The Morgan fingerprint density at radius 1 is 1.25 bits per heavy atom. The smallest absolute Gasteiger partial charge is 0.243 e. The van der Waals surface area contributed by atoms with Crippen LogP contribution < -0.4 is 10.6 Å². The van der Waals surface area contributed by atoms with E-state index in [1.54, 1.807) is 6.07 Å². The van der Waals surface area contributed by atoms with Gasteiger partial charge in [-0.3, -0.25) is 4.79 Å². The van der Waals surface area contributed by atoms with Crippen molar-refractivity contribution in [2.45, 2.75) is 6.92 Å². The molecule has 2 rings (SSSR count). The predicted molar refractivity (Wildman–Crippen MR) is 82.4 cm³/mol. The van der Waals surface area contributed by atoms with Crippen molar-refractivity contribution in [3.8, 4) is 0 Å². The fourth-order valence-corrected chi connectivity index (χ4v) is 2.06. The summed E-state index contributed by atoms with van der Waals surface area (Å²) in [5.74, 6) is -0.768. The van der Waals surface area contributed by atoms with Crippen molar-refractivity contribution in [2.24, 2.45) is 0 Å². The van der Waals surface area contributed by atoms with Crippen LogP contribution in [0.3, 0.4) is 0 Å². The number of halogens is 2. The van der Waals surface area contributed by atoms with E-state index < -0.39 is 5.82 Å². The minimum Gasteiger partial charge on any atom is -0.376 e. The van der Waals surface area contributed by atoms with Crippen LogP contribution in [0.2, 0.25) is 0 Å². The maximum atomic E-state index is 13.6. The SMILES string of the molecule is Cc1cccc(NCC(=O)Nc2ccc(Br)cc2F)c1. The molecule has 5 heteroatoms. The molecule has 0 atom stereocenters. The third-order valence-corrected chi connectivity index (χ3v) is 3.17. The Morgan fingerprint density at radius 3 is 2.75 bits per heavy atom. The van der Waals surface area contributed by atoms with Gasteiger partial charge in [0.2, 0.25) is 5.91 Å². The second-order valence-electron chi connectivity index (χ2n) is 4.40. The van der Waals surface area contributed by atoms with Crippen molar-refractivity contribution in [1.82, 2.24) is 0 Å². The molecule has 0 radical (unpaired) electrons. The lowest BCUT2D eigenvalue weighted by Crippen LogP contribution is -2.22. The van der Waals surface area contributed by atoms with Crippen molar-refractivity contribution >= 4 is 33.2 Å². The van der Waals surface area contributed by atoms with Crippen LogP contribution in [0.5, 0.6) is 0 Å². The second-order valence-corrected chi connectivity index (χ2v) is 5.31. The highest BCUT2D eigenvalue weighted by atomic mass is 79.9. The van der Waals surface area contributed by atoms with Crippen molar-refractivity contribution in [2.75, 3.05) is 17.2 Å². The zero-order valence-electron chi connectivity index (χ0n) is 10.9. The molecule has 0 aliphatic carbocycles. The molecule has 0 bridgehead atoms. The Hall–Kier alpha value is -1.88. The molecule has 0 saturated heterocycles. The molecule has 0 aliphatic heterocycles. The monoisotopic (exact) mass is 336 g/mol. The normalized spacial score (nSPS) is 10.2. The largest absolute Gasteiger partial charge is 0.376 e. The lowest BCUT2D eigenvalue weighted by molar-refractivity contribution is -0.114. The number of benzene rings is 2. The minimum atomic E-state index is -0.469. The van der Waals surface area contributed by atoms with Crippen LogP contribution in [0, 0.1) is 12.7 Å². The number of carbonyl (C=O) groups excluding carboxylic acids is 1. The molecule has 0 unspecified atom stereocenters. The van der Waals surface area contributed by atoms with Crippen LogP contribution in [-0.2, 0) is 4.79 Å². The van der Waals surface area contributed by atoms with Crippen molar-refractivity contribution in [3.05, 3.63) is 58.3 Å². The maximum absolute atomic E-state index is 13.6. The Morgan fingerprint density at radius 2 is 2.05 bits per heavy atom. The summed E-state index contributed by atoms with van der Waals surface area (Å²) >= 11 is 3.17. The topological polar surface area (TPSA) is 41.1 Å². The fourth-order valence-electron chi connectivity index (χ4n) is 1.72. The zero-order chi connectivity index (χ0) is 14.5. The van der Waals surface area contributed by atoms with E-state index in [2.05, 4.69) is 26.6 Å². The number of carbonyl (C=O) groups is 1. The first kappa shape index (κ1) is 14.5. The number of hydrogen-bond donors (Lipinski definition) is 2. The Kier molecular flexibility index (Phi) is 4.74. The molecule has 0 spiro atoms. The molecule has 20 heavy (non-hydrogen) atoms. The zero-order valence-corrected chi connectivity index (χ0v) is 12.5. The van der Waals surface area contributed by atoms with E-state index in [1.807, 2.05) is 31.2 Å². The lowest BCUT2D eigenvalue weighted by Gasteiger charge is -2.09. The summed E-state index contributed by atoms with van der Waals surface area (Å²) in [5, 5.41) is 5.52. The van der Waals surface area contributed by atoms with Gasteiger partial charge in [0.1, 0.15) is 5.82 Å². The average molecular weight is 337 g/mol. The summed E-state index contributed by atoms with van der Waals surface area (Å²) in [4.78, 5) is 11.8. The molecule has 2 N–H and O–H groups in total. The van der Waals surface area contributed by atoms with E-state index in [0.29, 0.717) is 4.47 Å². The first-order valence-corrected chi connectivity index (χ1v) is 6.89. The molecule has 0 saturated carbocycles. The van der Waals surface area contributed by atoms with Gasteiger partial charge in [0.25, 0.3) is 0 Å². The van der Waals surface area contributed by atoms with Crippen LogP contribution in [0.25, 0.3) is 0 Å². The van der Waals surface area contributed by atoms with E-state index in [1.165, 1.54) is 12.1 Å². The Balaban J connectivity index is 1.92. The van der Waals surface area contributed by atoms with Crippen molar-refractivity contribution in [1.29, 1.82) is 0 Å². The Bertz CT molecular complexity index is 631. The first-order valence-electron chi connectivity index (χ1n) is 6.10. The number of rotatable bonds is 4. The second kappa shape index (κ2) is 6.52. The highest BCUT2D eigenvalue weighted by Gasteiger charge is 2.07. The molecule has 2 aromatic carbocycles. The molecule has 2 aromatic rings. The van der Waals surface area contributed by atoms with Crippen molar-refractivity contribution in [3.63, 3.8) is 0 Å². The van der Waals surface area contributed by atoms with E-state index in [4.69, 9.17) is 0 Å². The van der Waals surface area contributed by atoms with E-state index in [9.17, 15) is 9.18 Å². The summed E-state index contributed by atoms with van der Waals surface area (Å²) in [6.45, 7) is 2.06. The third kappa shape index (κ3) is 4.06. The highest BCUT2D eigenvalue weighted by molar-refractivity contribution is 9.10. The van der Waals surface area contributed by atoms with Gasteiger partial charge in [0.05, 0.1) is 12.2 Å². The van der Waals surface area contributed by atoms with Crippen LogP contribution >= 0.6 is 15.9 Å². The minimum absolute atomic E-state index is 0.0823. The van der Waals surface area contributed by atoms with Gasteiger partial charge in [-0.15, -0.1) is 0 Å². The average Bonchev–Trinajstić information content (AvgIpc) is 2.40. The fraction of sp³-hybridized carbons (Fsp3) is 0.133. The van der Waals surface area contributed by atoms with Gasteiger partial charge in [-0.05, 0) is 42.8 Å². The third-order valence-electron chi connectivity index (χ3n) is 2.68. The van der Waals surface area contributed by atoms with Crippen LogP contribution in [0.15, 0.2) is 46.9 Å². The number of hydrogen-bond acceptors (Lipinski definition) is 2. The quantitative estimate of drug-likeness (QED) is 0.887. The van der Waals surface area contributed by atoms with Crippen LogP contribution in [0.1, 0.15) is 5.56 Å². The summed E-state index contributed by atoms with van der Waals surface area (Å²) in [6, 6.07) is 12.2. The summed E-state index contributed by atoms with van der Waals surface area (Å²) in [5.41, 5.74) is 2.13. The highest BCUT2D eigenvalue weighted by Crippen LogP contribution is 2.19. The molecular weight excluding hydrogens is 323 g/mol. The van der Waals surface area contributed by atoms with E-state index >= 15 is 0 Å². The number of nitrogens with one attached hydrogen (secondary N) is 2. The van der Waals surface area contributed by atoms with Crippen LogP contribution in [-0.4, -0.2) is 12.5 Å². The van der Waals surface area contributed by atoms with Gasteiger partial charge in [-0.25, -0.2) is 4.39 Å². The number of anilines is 2. The van der Waals surface area contributed by atoms with Gasteiger partial charge < -0.3 is 10.6 Å². The van der Waals surface area contributed by atoms with Crippen molar-refractivity contribution < 1.29 is 9.18 Å². The van der Waals surface area contributed by atoms with Gasteiger partial charge in [-0.1, -0.05) is 28.1 Å². The van der Waals surface area contributed by atoms with Gasteiger partial charge >= 0.3 is 0 Å². The lowest BCUT2D eigenvalue weighted by atomic mass is 10.2. The standard InChI is InChI=1S/C15H14BrFN2O/c1-10-3-2-4-12(7-10)18-9-15(20)19-14-6-5-11(16)8-13(14)17/h2-8,18H,9H2,1H3,(H,19,20). The molecule has 0 heterocycles. The molecule has 104 valence electrons. The Labute approximate surface area is 125 Å². The van der Waals surface area contributed by atoms with E-state index in [-0.39, 0.29) is 18.1 Å². The molecule has 0 fully saturated rings. The molecule has 0 aliphatic rings. The van der Waals surface area contributed by atoms with E-state index in [0.717, 1.165) is 11.3 Å². The summed E-state index contributed by atoms with van der Waals surface area (Å²) < 4.78 is 14.2. The van der Waals surface area contributed by atoms with Gasteiger partial charge in [-0.2, -0.15) is 0 Å². The van der Waals surface area contributed by atoms with Gasteiger partial charge in [0.15, 0.2) is 0 Å². The molecule has 1 amide bonds. The van der Waals surface area contributed by atoms with Crippen LogP contribution in [0.4, 0.5) is 15.8 Å². The maximum Gasteiger partial charge on any atom is 0.243 e. The molecule has 0 aromatic heterocycles. The molecular formula is C15H14BrFN2O. The number of amides is 1. The van der Waals surface area contributed by atoms with Gasteiger partial charge in [0, 0.05) is 10.2 Å². The predicted octanol–water partition coefficient (Wildman–Crippen LogP) is 3.95. The molecule has 3 nitrogen and oxygen atoms in total. The summed E-state index contributed by atoms with van der Waals surface area (Å²) in [7, 11) is 0. The first-order chi connectivity index (χ1) is 9.54. The number of aryl methyl sites for hydroxylation is 1. The summed E-state index contributed by atoms with van der Waals surface area (Å²) in [6.07, 6.45) is 0.